The van der Waals surface area contributed by atoms with E-state index in [0.717, 1.165) is 11.3 Å². The molecule has 0 aliphatic heterocycles. The molecule has 2 amide bonds. The molecule has 0 aliphatic carbocycles. The van der Waals surface area contributed by atoms with E-state index in [9.17, 15) is 23.1 Å². The highest BCUT2D eigenvalue weighted by atomic mass is 32.2. The summed E-state index contributed by atoms with van der Waals surface area (Å²) in [6.45, 7) is 3.35. The maximum atomic E-state index is 12.3. The molecule has 0 unspecified atom stereocenters. The zero-order chi connectivity index (χ0) is 19.3. The van der Waals surface area contributed by atoms with Crippen molar-refractivity contribution in [1.82, 2.24) is 15.6 Å². The van der Waals surface area contributed by atoms with E-state index >= 15 is 0 Å². The molecule has 1 atom stereocenters. The van der Waals surface area contributed by atoms with Crippen LogP contribution >= 0.6 is 11.3 Å². The van der Waals surface area contributed by atoms with E-state index in [1.165, 1.54) is 18.2 Å². The molecule has 26 heavy (non-hydrogen) atoms. The Balaban J connectivity index is 2.05. The number of hydrazine groups is 1. The van der Waals surface area contributed by atoms with Crippen molar-refractivity contribution in [3.63, 3.8) is 0 Å². The molecule has 2 rings (SSSR count). The predicted octanol–water partition coefficient (Wildman–Crippen LogP) is 1.22. The molecule has 1 aromatic carbocycles. The first kappa shape index (κ1) is 19.9. The molecule has 0 aliphatic rings. The van der Waals surface area contributed by atoms with Crippen LogP contribution in [0.2, 0.25) is 0 Å². The lowest BCUT2D eigenvalue weighted by molar-refractivity contribution is -0.124. The summed E-state index contributed by atoms with van der Waals surface area (Å²) in [4.78, 5) is 24.4. The molecule has 1 aromatic heterocycles. The van der Waals surface area contributed by atoms with Crippen LogP contribution in [-0.4, -0.2) is 31.4 Å². The van der Waals surface area contributed by atoms with E-state index in [1.807, 2.05) is 0 Å². The van der Waals surface area contributed by atoms with Gasteiger partial charge in [0.15, 0.2) is 0 Å². The third-order valence-corrected chi connectivity index (χ3v) is 6.28. The van der Waals surface area contributed by atoms with E-state index in [1.54, 1.807) is 37.4 Å². The van der Waals surface area contributed by atoms with Crippen LogP contribution in [-0.2, 0) is 14.8 Å². The largest absolute Gasteiger partial charge is 0.507 e. The topological polar surface area (TPSA) is 125 Å². The number of thiophene rings is 1. The van der Waals surface area contributed by atoms with Crippen LogP contribution in [0.5, 0.6) is 5.75 Å². The average molecular weight is 397 g/mol. The van der Waals surface area contributed by atoms with Crippen molar-refractivity contribution in [2.75, 3.05) is 0 Å². The second kappa shape index (κ2) is 8.30. The van der Waals surface area contributed by atoms with E-state index in [-0.39, 0.29) is 21.4 Å². The Morgan fingerprint density at radius 2 is 1.77 bits per heavy atom. The van der Waals surface area contributed by atoms with Gasteiger partial charge in [0.2, 0.25) is 0 Å². The van der Waals surface area contributed by atoms with Gasteiger partial charge in [0.05, 0.1) is 5.56 Å². The van der Waals surface area contributed by atoms with Crippen molar-refractivity contribution >= 4 is 33.2 Å². The Kier molecular flexibility index (Phi) is 6.35. The summed E-state index contributed by atoms with van der Waals surface area (Å²) < 4.78 is 27.1. The molecular weight excluding hydrogens is 378 g/mol. The van der Waals surface area contributed by atoms with Crippen LogP contribution in [0.15, 0.2) is 46.0 Å². The summed E-state index contributed by atoms with van der Waals surface area (Å²) in [6, 6.07) is 7.77. The van der Waals surface area contributed by atoms with E-state index < -0.39 is 27.9 Å². The van der Waals surface area contributed by atoms with Crippen molar-refractivity contribution in [1.29, 1.82) is 0 Å². The van der Waals surface area contributed by atoms with Crippen molar-refractivity contribution in [2.45, 2.75) is 24.1 Å². The fraction of sp³-hybridized carbons (Fsp3) is 0.250. The molecule has 0 radical (unpaired) electrons. The summed E-state index contributed by atoms with van der Waals surface area (Å²) in [6.07, 6.45) is 0. The third kappa shape index (κ3) is 4.81. The molecule has 0 saturated carbocycles. The minimum Gasteiger partial charge on any atom is -0.507 e. The van der Waals surface area contributed by atoms with E-state index in [4.69, 9.17) is 0 Å². The highest BCUT2D eigenvalue weighted by Gasteiger charge is 2.29. The van der Waals surface area contributed by atoms with Crippen LogP contribution < -0.4 is 15.6 Å². The summed E-state index contributed by atoms with van der Waals surface area (Å²) in [5.41, 5.74) is 4.33. The normalized spacial score (nSPS) is 12.6. The van der Waals surface area contributed by atoms with Gasteiger partial charge in [-0.1, -0.05) is 32.0 Å². The number of benzene rings is 1. The van der Waals surface area contributed by atoms with Gasteiger partial charge in [-0.25, -0.2) is 8.42 Å². The van der Waals surface area contributed by atoms with Gasteiger partial charge in [-0.2, -0.15) is 4.72 Å². The van der Waals surface area contributed by atoms with Crippen LogP contribution in [0.4, 0.5) is 0 Å². The lowest BCUT2D eigenvalue weighted by atomic mass is 10.1. The fourth-order valence-electron chi connectivity index (χ4n) is 2.06. The van der Waals surface area contributed by atoms with Crippen LogP contribution in [0, 0.1) is 5.92 Å². The minimum atomic E-state index is -3.85. The van der Waals surface area contributed by atoms with Gasteiger partial charge in [-0.3, -0.25) is 20.4 Å². The number of hydrogen-bond donors (Lipinski definition) is 4. The molecule has 0 bridgehead atoms. The SMILES string of the molecule is CC(C)[C@H](NS(=O)(=O)c1cccs1)C(=O)NNC(=O)c1ccccc1O. The number of sulfonamides is 1. The highest BCUT2D eigenvalue weighted by Crippen LogP contribution is 2.17. The molecule has 4 N–H and O–H groups in total. The van der Waals surface area contributed by atoms with Crippen molar-refractivity contribution in [3.05, 3.63) is 47.3 Å². The molecule has 2 aromatic rings. The molecule has 0 fully saturated rings. The van der Waals surface area contributed by atoms with E-state index in [2.05, 4.69) is 15.6 Å². The highest BCUT2D eigenvalue weighted by molar-refractivity contribution is 7.91. The lowest BCUT2D eigenvalue weighted by Crippen LogP contribution is -2.54. The lowest BCUT2D eigenvalue weighted by Gasteiger charge is -2.21. The molecular formula is C16H19N3O5S2. The molecule has 8 nitrogen and oxygen atoms in total. The number of nitrogens with one attached hydrogen (secondary N) is 3. The monoisotopic (exact) mass is 397 g/mol. The minimum absolute atomic E-state index is 0.0203. The van der Waals surface area contributed by atoms with Crippen molar-refractivity contribution < 1.29 is 23.1 Å². The number of aromatic hydroxyl groups is 1. The van der Waals surface area contributed by atoms with E-state index in [0.29, 0.717) is 0 Å². The average Bonchev–Trinajstić information content (AvgIpc) is 3.13. The standard InChI is InChI=1S/C16H19N3O5S2/c1-10(2)14(19-26(23,24)13-8-5-9-25-13)16(22)18-17-15(21)11-6-3-4-7-12(11)20/h3-10,14,19-20H,1-2H3,(H,17,21)(H,18,22)/t14-/m0/s1. The summed E-state index contributed by atoms with van der Waals surface area (Å²) in [5.74, 6) is -2.05. The molecule has 0 spiro atoms. The van der Waals surface area contributed by atoms with Gasteiger partial charge in [-0.15, -0.1) is 11.3 Å². The maximum Gasteiger partial charge on any atom is 0.273 e. The first-order valence-corrected chi connectivity index (χ1v) is 10.0. The summed E-state index contributed by atoms with van der Waals surface area (Å²) >= 11 is 1.03. The summed E-state index contributed by atoms with van der Waals surface area (Å²) in [5, 5.41) is 11.3. The Morgan fingerprint density at radius 1 is 1.08 bits per heavy atom. The van der Waals surface area contributed by atoms with Crippen LogP contribution in [0.3, 0.4) is 0 Å². The zero-order valence-corrected chi connectivity index (χ0v) is 15.7. The molecule has 10 heteroatoms. The number of phenols is 1. The van der Waals surface area contributed by atoms with Crippen LogP contribution in [0.25, 0.3) is 0 Å². The number of hydrogen-bond acceptors (Lipinski definition) is 6. The van der Waals surface area contributed by atoms with Gasteiger partial charge in [0.1, 0.15) is 16.0 Å². The number of phenolic OH excluding ortho intramolecular Hbond substituents is 1. The molecule has 0 saturated heterocycles. The smallest absolute Gasteiger partial charge is 0.273 e. The van der Waals surface area contributed by atoms with Crippen LogP contribution in [0.1, 0.15) is 24.2 Å². The Bertz CT molecular complexity index is 879. The predicted molar refractivity (Wildman–Crippen MR) is 97.0 cm³/mol. The Labute approximate surface area is 155 Å². The number of carbonyl (C=O) groups is 2. The Morgan fingerprint density at radius 3 is 2.35 bits per heavy atom. The van der Waals surface area contributed by atoms with Gasteiger partial charge >= 0.3 is 0 Å². The number of carbonyl (C=O) groups excluding carboxylic acids is 2. The fourth-order valence-corrected chi connectivity index (χ4v) is 4.42. The quantitative estimate of drug-likeness (QED) is 0.546. The third-order valence-electron chi connectivity index (χ3n) is 3.44. The summed E-state index contributed by atoms with van der Waals surface area (Å²) in [7, 11) is -3.85. The van der Waals surface area contributed by atoms with Crippen molar-refractivity contribution in [3.8, 4) is 5.75 Å². The molecule has 140 valence electrons. The first-order chi connectivity index (χ1) is 12.2. The van der Waals surface area contributed by atoms with Gasteiger partial charge in [0, 0.05) is 0 Å². The number of para-hydroxylation sites is 1. The van der Waals surface area contributed by atoms with Gasteiger partial charge in [0.25, 0.3) is 21.8 Å². The second-order valence-electron chi connectivity index (χ2n) is 5.74. The molecule has 1 heterocycles. The zero-order valence-electron chi connectivity index (χ0n) is 14.1. The first-order valence-electron chi connectivity index (χ1n) is 7.66. The van der Waals surface area contributed by atoms with Gasteiger partial charge < -0.3 is 5.11 Å². The van der Waals surface area contributed by atoms with Crippen molar-refractivity contribution in [2.24, 2.45) is 5.92 Å². The maximum absolute atomic E-state index is 12.3. The Hall–Kier alpha value is -2.43. The number of amides is 2. The number of rotatable bonds is 6. The second-order valence-corrected chi connectivity index (χ2v) is 8.62. The van der Waals surface area contributed by atoms with Gasteiger partial charge in [-0.05, 0) is 29.5 Å².